The Bertz CT molecular complexity index is 1000. The van der Waals surface area contributed by atoms with Crippen molar-refractivity contribution < 1.29 is 43.9 Å². The van der Waals surface area contributed by atoms with Crippen molar-refractivity contribution in [2.75, 3.05) is 6.61 Å². The van der Waals surface area contributed by atoms with Gasteiger partial charge in [-0.05, 0) is 63.5 Å². The normalized spacial score (nSPS) is 30.4. The van der Waals surface area contributed by atoms with Crippen molar-refractivity contribution in [1.29, 1.82) is 0 Å². The number of esters is 1. The molecule has 1 unspecified atom stereocenters. The predicted molar refractivity (Wildman–Crippen MR) is 143 cm³/mol. The predicted octanol–water partition coefficient (Wildman–Crippen LogP) is 2.84. The maximum Gasteiger partial charge on any atom is 0.331 e. The highest BCUT2D eigenvalue weighted by Crippen LogP contribution is 2.40. The highest BCUT2D eigenvalue weighted by Gasteiger charge is 2.50. The fraction of sp³-hybridized carbons (Fsp3) is 0.633. The smallest absolute Gasteiger partial charge is 0.331 e. The van der Waals surface area contributed by atoms with E-state index in [1.54, 1.807) is 6.08 Å². The van der Waals surface area contributed by atoms with Crippen LogP contribution in [-0.4, -0.2) is 75.8 Å². The maximum atomic E-state index is 12.7. The molecular formula is C30H42O9. The van der Waals surface area contributed by atoms with Crippen molar-refractivity contribution in [1.82, 2.24) is 0 Å². The van der Waals surface area contributed by atoms with E-state index in [-0.39, 0.29) is 29.3 Å². The summed E-state index contributed by atoms with van der Waals surface area (Å²) in [4.78, 5) is 37.1. The molecule has 1 saturated carbocycles. The highest BCUT2D eigenvalue weighted by molar-refractivity contribution is 5.87. The summed E-state index contributed by atoms with van der Waals surface area (Å²) in [5, 5.41) is 31.0. The minimum Gasteiger partial charge on any atom is -0.451 e. The minimum absolute atomic E-state index is 0.0198. The van der Waals surface area contributed by atoms with Crippen LogP contribution in [0.2, 0.25) is 0 Å². The Kier molecular flexibility index (Phi) is 11.0. The number of benzene rings is 1. The van der Waals surface area contributed by atoms with Gasteiger partial charge in [0.25, 0.3) is 0 Å². The zero-order chi connectivity index (χ0) is 28.7. The van der Waals surface area contributed by atoms with Crippen LogP contribution in [0.5, 0.6) is 0 Å². The van der Waals surface area contributed by atoms with Gasteiger partial charge in [-0.3, -0.25) is 4.79 Å². The Balaban J connectivity index is 1.81. The van der Waals surface area contributed by atoms with Crippen LogP contribution in [0.1, 0.15) is 65.4 Å². The zero-order valence-electron chi connectivity index (χ0n) is 23.2. The number of carbonyl (C=O) groups excluding carboxylic acids is 3. The average Bonchev–Trinajstić information content (AvgIpc) is 3.21. The summed E-state index contributed by atoms with van der Waals surface area (Å²) in [7, 11) is 0. The van der Waals surface area contributed by atoms with Gasteiger partial charge in [-0.2, -0.15) is 0 Å². The number of Topliss-reactive ketones (excluding diaryl/α,β-unsaturated/α-hetero) is 2. The summed E-state index contributed by atoms with van der Waals surface area (Å²) in [6, 6.07) is 9.11. The molecule has 1 aromatic rings. The second kappa shape index (κ2) is 13.8. The molecule has 0 radical (unpaired) electrons. The highest BCUT2D eigenvalue weighted by atomic mass is 16.7. The first-order valence-electron chi connectivity index (χ1n) is 13.7. The van der Waals surface area contributed by atoms with Crippen LogP contribution in [-0.2, 0) is 28.6 Å². The van der Waals surface area contributed by atoms with Crippen LogP contribution in [0, 0.1) is 17.8 Å². The van der Waals surface area contributed by atoms with E-state index in [0.29, 0.717) is 25.7 Å². The van der Waals surface area contributed by atoms with Crippen LogP contribution in [0.15, 0.2) is 36.4 Å². The van der Waals surface area contributed by atoms with Gasteiger partial charge < -0.3 is 34.3 Å². The summed E-state index contributed by atoms with van der Waals surface area (Å²) in [6.07, 6.45) is -1.54. The molecule has 2 fully saturated rings. The maximum absolute atomic E-state index is 12.7. The van der Waals surface area contributed by atoms with E-state index < -0.39 is 48.9 Å². The first kappa shape index (κ1) is 31.1. The van der Waals surface area contributed by atoms with Crippen molar-refractivity contribution in [2.45, 2.75) is 96.1 Å². The van der Waals surface area contributed by atoms with E-state index in [0.717, 1.165) is 12.0 Å². The molecule has 1 heterocycles. The molecule has 2 aliphatic rings. The quantitative estimate of drug-likeness (QED) is 0.267. The summed E-state index contributed by atoms with van der Waals surface area (Å²) < 4.78 is 17.7. The molecule has 9 nitrogen and oxygen atoms in total. The van der Waals surface area contributed by atoms with Gasteiger partial charge in [0.1, 0.15) is 29.9 Å². The number of hydrogen-bond acceptors (Lipinski definition) is 9. The molecule has 1 aliphatic carbocycles. The third kappa shape index (κ3) is 8.28. The number of rotatable bonds is 12. The van der Waals surface area contributed by atoms with Gasteiger partial charge in [0.15, 0.2) is 12.4 Å². The van der Waals surface area contributed by atoms with Gasteiger partial charge in [0.2, 0.25) is 0 Å². The first-order valence-corrected chi connectivity index (χ1v) is 13.7. The Morgan fingerprint density at radius 2 is 1.87 bits per heavy atom. The van der Waals surface area contributed by atoms with Crippen LogP contribution in [0.4, 0.5) is 0 Å². The van der Waals surface area contributed by atoms with E-state index in [1.807, 2.05) is 44.2 Å². The van der Waals surface area contributed by atoms with E-state index in [9.17, 15) is 29.7 Å². The second-order valence-electron chi connectivity index (χ2n) is 11.3. The molecule has 1 aliphatic heterocycles. The second-order valence-corrected chi connectivity index (χ2v) is 11.3. The third-order valence-electron chi connectivity index (χ3n) is 8.02. The Hall–Kier alpha value is -2.43. The van der Waals surface area contributed by atoms with Gasteiger partial charge in [0.05, 0.1) is 12.2 Å². The van der Waals surface area contributed by atoms with Crippen LogP contribution in [0.25, 0.3) is 6.08 Å². The van der Waals surface area contributed by atoms with Crippen LogP contribution < -0.4 is 0 Å². The molecular weight excluding hydrogens is 504 g/mol. The Morgan fingerprint density at radius 3 is 2.46 bits per heavy atom. The first-order chi connectivity index (χ1) is 18.4. The largest absolute Gasteiger partial charge is 0.451 e. The number of aliphatic hydroxyl groups excluding tert-OH is 3. The van der Waals surface area contributed by atoms with E-state index in [2.05, 4.69) is 6.92 Å². The lowest BCUT2D eigenvalue weighted by Crippen LogP contribution is -2.62. The molecule has 0 aromatic heterocycles. The molecule has 216 valence electrons. The van der Waals surface area contributed by atoms with E-state index >= 15 is 0 Å². The summed E-state index contributed by atoms with van der Waals surface area (Å²) >= 11 is 0. The monoisotopic (exact) mass is 546 g/mol. The molecule has 3 N–H and O–H groups in total. The lowest BCUT2D eigenvalue weighted by atomic mass is 9.77. The number of hydrogen-bond donors (Lipinski definition) is 3. The molecule has 0 amide bonds. The molecule has 39 heavy (non-hydrogen) atoms. The lowest BCUT2D eigenvalue weighted by Gasteiger charge is -2.46. The fourth-order valence-corrected chi connectivity index (χ4v) is 5.44. The van der Waals surface area contributed by atoms with Crippen LogP contribution >= 0.6 is 0 Å². The molecule has 9 heteroatoms. The van der Waals surface area contributed by atoms with E-state index in [1.165, 1.54) is 13.0 Å². The van der Waals surface area contributed by atoms with Crippen LogP contribution in [0.3, 0.4) is 0 Å². The van der Waals surface area contributed by atoms with Crippen molar-refractivity contribution >= 4 is 23.6 Å². The average molecular weight is 547 g/mol. The van der Waals surface area contributed by atoms with Crippen molar-refractivity contribution in [3.63, 3.8) is 0 Å². The minimum atomic E-state index is -1.59. The van der Waals surface area contributed by atoms with Gasteiger partial charge >= 0.3 is 5.97 Å². The van der Waals surface area contributed by atoms with Crippen molar-refractivity contribution in [2.24, 2.45) is 17.8 Å². The molecule has 1 saturated heterocycles. The van der Waals surface area contributed by atoms with Gasteiger partial charge in [-0.25, -0.2) is 4.79 Å². The van der Waals surface area contributed by atoms with E-state index in [4.69, 9.17) is 14.2 Å². The Morgan fingerprint density at radius 1 is 1.18 bits per heavy atom. The molecule has 3 rings (SSSR count). The van der Waals surface area contributed by atoms with Crippen molar-refractivity contribution in [3.05, 3.63) is 42.0 Å². The van der Waals surface area contributed by atoms with Gasteiger partial charge in [-0.1, -0.05) is 37.3 Å². The van der Waals surface area contributed by atoms with Gasteiger partial charge in [-0.15, -0.1) is 0 Å². The standard InChI is InChI=1S/C30H42O9/c1-18-10-14-23(33)22(18)16-21(13-11-19(2)32)30(3,4)39-29-28(27(36)26(35)24(17-31)37-29)38-25(34)15-12-20-8-6-5-7-9-20/h5-9,12,15,18,21-22,24,26-29,31,35-36H,10-11,13-14,16-17H2,1-4H3/b15-12+/t18-,21?,22+,24+,26+,27-,28+,29-/m0/s1. The topological polar surface area (TPSA) is 140 Å². The number of ketones is 2. The molecule has 1 aromatic carbocycles. The number of aliphatic hydroxyl groups is 3. The number of carbonyl (C=O) groups is 3. The summed E-state index contributed by atoms with van der Waals surface area (Å²) in [6.45, 7) is 6.60. The number of ether oxygens (including phenoxy) is 3. The summed E-state index contributed by atoms with van der Waals surface area (Å²) in [5.41, 5.74) is -0.205. The molecule has 8 atom stereocenters. The summed E-state index contributed by atoms with van der Waals surface area (Å²) in [5.74, 6) is -0.704. The lowest BCUT2D eigenvalue weighted by molar-refractivity contribution is -0.330. The molecule has 0 spiro atoms. The van der Waals surface area contributed by atoms with Crippen molar-refractivity contribution in [3.8, 4) is 0 Å². The fourth-order valence-electron chi connectivity index (χ4n) is 5.44. The third-order valence-corrected chi connectivity index (χ3v) is 8.02. The van der Waals surface area contributed by atoms with Gasteiger partial charge in [0, 0.05) is 24.8 Å². The zero-order valence-corrected chi connectivity index (χ0v) is 23.2. The molecule has 0 bridgehead atoms. The Labute approximate surface area is 230 Å². The SMILES string of the molecule is CC(=O)CCC(C[C@H]1C(=O)CC[C@@H]1C)C(C)(C)O[C@@H]1O[C@H](CO)[C@@H](O)[C@H](O)[C@H]1OC(=O)/C=C/c1ccccc1.